The number of pyridine rings is 1. The van der Waals surface area contributed by atoms with Gasteiger partial charge in [0.05, 0.1) is 11.7 Å². The molecule has 0 aliphatic heterocycles. The number of halogens is 5. The summed E-state index contributed by atoms with van der Waals surface area (Å²) in [6.45, 7) is 4.15. The first kappa shape index (κ1) is 24.9. The van der Waals surface area contributed by atoms with Crippen LogP contribution in [0.4, 0.5) is 22.0 Å². The summed E-state index contributed by atoms with van der Waals surface area (Å²) < 4.78 is 68.4. The van der Waals surface area contributed by atoms with E-state index in [1.807, 2.05) is 0 Å². The third-order valence-electron chi connectivity index (χ3n) is 7.25. The van der Waals surface area contributed by atoms with Gasteiger partial charge < -0.3 is 5.11 Å². The summed E-state index contributed by atoms with van der Waals surface area (Å²) in [5.41, 5.74) is 3.38. The van der Waals surface area contributed by atoms with Crippen LogP contribution in [-0.2, 0) is 19.0 Å². The van der Waals surface area contributed by atoms with Crippen molar-refractivity contribution in [1.29, 1.82) is 0 Å². The predicted octanol–water partition coefficient (Wildman–Crippen LogP) is 8.04. The topological polar surface area (TPSA) is 33.1 Å². The van der Waals surface area contributed by atoms with Crippen LogP contribution < -0.4 is 0 Å². The molecule has 2 nitrogen and oxygen atoms in total. The van der Waals surface area contributed by atoms with Crippen LogP contribution in [0.2, 0.25) is 0 Å². The zero-order valence-corrected chi connectivity index (χ0v) is 20.2. The Morgan fingerprint density at radius 1 is 1.03 bits per heavy atom. The molecule has 2 unspecified atom stereocenters. The van der Waals surface area contributed by atoms with E-state index in [0.29, 0.717) is 35.1 Å². The van der Waals surface area contributed by atoms with Crippen molar-refractivity contribution in [2.24, 2.45) is 5.41 Å². The average Bonchev–Trinajstić information content (AvgIpc) is 3.64. The lowest BCUT2D eigenvalue weighted by molar-refractivity contribution is -0.137. The van der Waals surface area contributed by atoms with Crippen molar-refractivity contribution in [3.63, 3.8) is 0 Å². The summed E-state index contributed by atoms with van der Waals surface area (Å²) in [4.78, 5) is 4.97. The Labute approximate surface area is 207 Å². The average molecular weight is 502 g/mol. The van der Waals surface area contributed by atoms with Crippen molar-refractivity contribution in [3.05, 3.63) is 88.0 Å². The number of aliphatic hydroxyl groups is 1. The third-order valence-corrected chi connectivity index (χ3v) is 7.25. The lowest BCUT2D eigenvalue weighted by Gasteiger charge is -2.36. The van der Waals surface area contributed by atoms with Crippen molar-refractivity contribution in [2.75, 3.05) is 0 Å². The van der Waals surface area contributed by atoms with Crippen molar-refractivity contribution in [2.45, 2.75) is 70.3 Å². The minimum Gasteiger partial charge on any atom is -0.388 e. The van der Waals surface area contributed by atoms with Gasteiger partial charge in [-0.1, -0.05) is 38.1 Å². The highest BCUT2D eigenvalue weighted by molar-refractivity contribution is 5.74. The van der Waals surface area contributed by atoms with Crippen molar-refractivity contribution in [3.8, 4) is 11.1 Å². The second-order valence-electron chi connectivity index (χ2n) is 10.8. The molecule has 0 radical (unpaired) electrons. The highest BCUT2D eigenvalue weighted by atomic mass is 19.4. The first-order valence-corrected chi connectivity index (χ1v) is 12.2. The Bertz CT molecular complexity index is 1260. The number of benzene rings is 2. The molecular formula is C29H28F5NO. The van der Waals surface area contributed by atoms with Gasteiger partial charge in [0, 0.05) is 29.3 Å². The number of rotatable bonds is 5. The molecule has 7 heteroatoms. The summed E-state index contributed by atoms with van der Waals surface area (Å²) >= 11 is 0. The summed E-state index contributed by atoms with van der Waals surface area (Å²) in [7, 11) is 0. The molecule has 190 valence electrons. The Balaban J connectivity index is 1.64. The van der Waals surface area contributed by atoms with Gasteiger partial charge in [0.15, 0.2) is 0 Å². The number of fused-ring (bicyclic) bond motifs is 1. The Morgan fingerprint density at radius 2 is 1.67 bits per heavy atom. The largest absolute Gasteiger partial charge is 0.416 e. The molecule has 1 heterocycles. The molecular weight excluding hydrogens is 473 g/mol. The maximum absolute atomic E-state index is 15.7. The molecule has 1 aromatic heterocycles. The summed E-state index contributed by atoms with van der Waals surface area (Å²) in [5, 5.41) is 11.2. The number of hydrogen-bond donors (Lipinski definition) is 1. The fourth-order valence-electron chi connectivity index (χ4n) is 5.38. The molecule has 1 fully saturated rings. The van der Waals surface area contributed by atoms with Crippen LogP contribution in [0.25, 0.3) is 11.1 Å². The van der Waals surface area contributed by atoms with Gasteiger partial charge in [-0.2, -0.15) is 13.2 Å². The third kappa shape index (κ3) is 4.90. The zero-order chi connectivity index (χ0) is 25.8. The van der Waals surface area contributed by atoms with Gasteiger partial charge in [0.1, 0.15) is 12.0 Å². The van der Waals surface area contributed by atoms with Gasteiger partial charge >= 0.3 is 6.18 Å². The Morgan fingerprint density at radius 3 is 2.25 bits per heavy atom. The van der Waals surface area contributed by atoms with Crippen LogP contribution in [0.3, 0.4) is 0 Å². The van der Waals surface area contributed by atoms with Crippen LogP contribution in [0, 0.1) is 11.2 Å². The molecule has 2 aromatic carbocycles. The molecule has 1 N–H and O–H groups in total. The van der Waals surface area contributed by atoms with E-state index in [0.717, 1.165) is 36.4 Å². The minimum atomic E-state index is -4.49. The van der Waals surface area contributed by atoms with Crippen LogP contribution in [-0.4, -0.2) is 10.1 Å². The number of aromatic nitrogens is 1. The standard InChI is InChI=1S/C29H28F5NO/c1-28(2)14-23-26(24(36)15-28)25(17-7-11-20(30)12-8-17)21(27(35-23)18-3-4-18)13-22(31)16-5-9-19(10-6-16)29(32,33)34/h5-12,18,22,24,36H,3-4,13-15H2,1-2H3. The van der Waals surface area contributed by atoms with Gasteiger partial charge in [-0.3, -0.25) is 4.98 Å². The first-order valence-electron chi connectivity index (χ1n) is 12.2. The predicted molar refractivity (Wildman–Crippen MR) is 128 cm³/mol. The maximum Gasteiger partial charge on any atom is 0.416 e. The minimum absolute atomic E-state index is 0.0969. The number of hydrogen-bond acceptors (Lipinski definition) is 2. The smallest absolute Gasteiger partial charge is 0.388 e. The Hall–Kier alpha value is -2.80. The van der Waals surface area contributed by atoms with E-state index in [1.54, 1.807) is 12.1 Å². The summed E-state index contributed by atoms with van der Waals surface area (Å²) in [6.07, 6.45) is -3.96. The quantitative estimate of drug-likeness (QED) is 0.359. The van der Waals surface area contributed by atoms with Gasteiger partial charge in [-0.25, -0.2) is 8.78 Å². The highest BCUT2D eigenvalue weighted by Crippen LogP contribution is 2.50. The fraction of sp³-hybridized carbons (Fsp3) is 0.414. The van der Waals surface area contributed by atoms with Gasteiger partial charge in [-0.15, -0.1) is 0 Å². The highest BCUT2D eigenvalue weighted by Gasteiger charge is 2.39. The van der Waals surface area contributed by atoms with E-state index in [-0.39, 0.29) is 23.3 Å². The van der Waals surface area contributed by atoms with E-state index in [9.17, 15) is 22.7 Å². The van der Waals surface area contributed by atoms with E-state index in [2.05, 4.69) is 13.8 Å². The van der Waals surface area contributed by atoms with Gasteiger partial charge in [0.2, 0.25) is 0 Å². The van der Waals surface area contributed by atoms with Crippen LogP contribution in [0.1, 0.15) is 84.9 Å². The molecule has 5 rings (SSSR count). The van der Waals surface area contributed by atoms with Crippen LogP contribution >= 0.6 is 0 Å². The molecule has 3 aromatic rings. The fourth-order valence-corrected chi connectivity index (χ4v) is 5.38. The van der Waals surface area contributed by atoms with Gasteiger partial charge in [-0.05, 0) is 77.6 Å². The SMILES string of the molecule is CC1(C)Cc2nc(C3CC3)c(CC(F)c3ccc(C(F)(F)F)cc3)c(-c3ccc(F)cc3)c2C(O)C1. The van der Waals surface area contributed by atoms with E-state index < -0.39 is 29.8 Å². The molecule has 2 aliphatic carbocycles. The second kappa shape index (κ2) is 8.94. The molecule has 0 saturated heterocycles. The first-order chi connectivity index (χ1) is 16.9. The number of nitrogens with zero attached hydrogens (tertiary/aromatic N) is 1. The monoisotopic (exact) mass is 501 g/mol. The normalized spacial score (nSPS) is 20.2. The molecule has 0 bridgehead atoms. The molecule has 2 aliphatic rings. The molecule has 1 saturated carbocycles. The molecule has 0 spiro atoms. The van der Waals surface area contributed by atoms with Crippen LogP contribution in [0.5, 0.6) is 0 Å². The summed E-state index contributed by atoms with van der Waals surface area (Å²) in [5.74, 6) is -0.230. The van der Waals surface area contributed by atoms with Gasteiger partial charge in [0.25, 0.3) is 0 Å². The van der Waals surface area contributed by atoms with Crippen molar-refractivity contribution in [1.82, 2.24) is 4.98 Å². The van der Waals surface area contributed by atoms with Crippen LogP contribution in [0.15, 0.2) is 48.5 Å². The number of aliphatic hydroxyl groups excluding tert-OH is 1. The zero-order valence-electron chi connectivity index (χ0n) is 20.2. The lowest BCUT2D eigenvalue weighted by Crippen LogP contribution is -2.28. The molecule has 2 atom stereocenters. The van der Waals surface area contributed by atoms with E-state index in [1.165, 1.54) is 24.3 Å². The molecule has 36 heavy (non-hydrogen) atoms. The Kier molecular flexibility index (Phi) is 6.18. The van der Waals surface area contributed by atoms with E-state index in [4.69, 9.17) is 4.98 Å². The maximum atomic E-state index is 15.7. The van der Waals surface area contributed by atoms with Crippen molar-refractivity contribution >= 4 is 0 Å². The molecule has 0 amide bonds. The summed E-state index contributed by atoms with van der Waals surface area (Å²) in [6, 6.07) is 10.1. The lowest BCUT2D eigenvalue weighted by atomic mass is 9.72. The van der Waals surface area contributed by atoms with Crippen molar-refractivity contribution < 1.29 is 27.1 Å². The number of alkyl halides is 4. The second-order valence-corrected chi connectivity index (χ2v) is 10.8. The van der Waals surface area contributed by atoms with E-state index >= 15 is 4.39 Å².